The van der Waals surface area contributed by atoms with E-state index in [1.807, 2.05) is 19.5 Å². The zero-order valence-electron chi connectivity index (χ0n) is 20.0. The van der Waals surface area contributed by atoms with Crippen molar-refractivity contribution < 1.29 is 4.79 Å². The second kappa shape index (κ2) is 8.11. The second-order valence-corrected chi connectivity index (χ2v) is 10.5. The van der Waals surface area contributed by atoms with Crippen LogP contribution in [0.3, 0.4) is 0 Å². The third-order valence-electron chi connectivity index (χ3n) is 8.13. The van der Waals surface area contributed by atoms with Gasteiger partial charge in [0, 0.05) is 43.8 Å². The van der Waals surface area contributed by atoms with Crippen LogP contribution in [-0.2, 0) is 6.54 Å². The minimum atomic E-state index is -0.472. The molecule has 33 heavy (non-hydrogen) atoms. The predicted molar refractivity (Wildman–Crippen MR) is 127 cm³/mol. The van der Waals surface area contributed by atoms with Crippen molar-refractivity contribution in [1.29, 1.82) is 0 Å². The number of carbonyl (C=O) groups excluding carboxylic acids is 1. The standard InChI is InChI=1S/C17H22N6O.C7H12N2/c1-10-11(6-23-7-12(5-20-23)15(18)24)4-19-16(21-10)22-8-13-14(9-22)17(13,2)3;1-9-5-8-6-3-2-4-7(6)9/h4-5,7,13-14H,6,8-9H2,1-3H3,(H2,18,24);5-7H,2-4H2,1H3. The van der Waals surface area contributed by atoms with Crippen LogP contribution in [0.2, 0.25) is 0 Å². The molecule has 0 radical (unpaired) electrons. The molecule has 2 aromatic rings. The maximum atomic E-state index is 11.1. The number of rotatable bonds is 4. The Morgan fingerprint density at radius 2 is 1.97 bits per heavy atom. The molecule has 4 heterocycles. The number of nitrogens with two attached hydrogens (primary N) is 1. The molecule has 9 nitrogen and oxygen atoms in total. The largest absolute Gasteiger partial charge is 0.366 e. The Morgan fingerprint density at radius 1 is 1.21 bits per heavy atom. The number of likely N-dealkylation sites (N-methyl/N-ethyl adjacent to an activating group) is 1. The van der Waals surface area contributed by atoms with E-state index in [4.69, 9.17) is 5.73 Å². The number of fused-ring (bicyclic) bond motifs is 2. The van der Waals surface area contributed by atoms with E-state index < -0.39 is 5.91 Å². The number of aliphatic imine (C=N–C) groups is 1. The molecule has 2 saturated carbocycles. The highest BCUT2D eigenvalue weighted by Gasteiger charge is 2.62. The minimum absolute atomic E-state index is 0.407. The number of primary amides is 1. The number of piperidine rings is 1. The fourth-order valence-corrected chi connectivity index (χ4v) is 5.68. The average Bonchev–Trinajstić information content (AvgIpc) is 3.42. The predicted octanol–water partition coefficient (Wildman–Crippen LogP) is 2.10. The van der Waals surface area contributed by atoms with Gasteiger partial charge < -0.3 is 15.5 Å². The Bertz CT molecular complexity index is 1060. The third kappa shape index (κ3) is 4.09. The van der Waals surface area contributed by atoms with Crippen molar-refractivity contribution in [2.45, 2.75) is 58.7 Å². The summed E-state index contributed by atoms with van der Waals surface area (Å²) in [6.45, 7) is 9.31. The molecular formula is C24H34N8O. The lowest BCUT2D eigenvalue weighted by Gasteiger charge is -2.22. The van der Waals surface area contributed by atoms with Gasteiger partial charge in [-0.1, -0.05) is 13.8 Å². The highest BCUT2D eigenvalue weighted by Crippen LogP contribution is 2.62. The van der Waals surface area contributed by atoms with Gasteiger partial charge in [-0.3, -0.25) is 14.5 Å². The number of amides is 1. The highest BCUT2D eigenvalue weighted by molar-refractivity contribution is 5.92. The summed E-state index contributed by atoms with van der Waals surface area (Å²) in [5.41, 5.74) is 8.08. The summed E-state index contributed by atoms with van der Waals surface area (Å²) in [6, 6.07) is 1.40. The van der Waals surface area contributed by atoms with Gasteiger partial charge in [0.2, 0.25) is 5.95 Å². The summed E-state index contributed by atoms with van der Waals surface area (Å²) < 4.78 is 1.68. The summed E-state index contributed by atoms with van der Waals surface area (Å²) in [5, 5.41) is 4.16. The molecular weight excluding hydrogens is 416 g/mol. The summed E-state index contributed by atoms with van der Waals surface area (Å²) in [7, 11) is 2.12. The van der Waals surface area contributed by atoms with E-state index in [0.717, 1.165) is 48.2 Å². The summed E-state index contributed by atoms with van der Waals surface area (Å²) in [6.07, 6.45) is 11.0. The molecule has 0 spiro atoms. The number of aryl methyl sites for hydroxylation is 1. The molecule has 176 valence electrons. The normalized spacial score (nSPS) is 28.4. The lowest BCUT2D eigenvalue weighted by atomic mass is 10.1. The van der Waals surface area contributed by atoms with Gasteiger partial charge in [-0.15, -0.1) is 0 Å². The van der Waals surface area contributed by atoms with Crippen LogP contribution in [0.4, 0.5) is 5.95 Å². The van der Waals surface area contributed by atoms with Crippen LogP contribution in [0.25, 0.3) is 0 Å². The fourth-order valence-electron chi connectivity index (χ4n) is 5.68. The van der Waals surface area contributed by atoms with Crippen molar-refractivity contribution in [3.63, 3.8) is 0 Å². The van der Waals surface area contributed by atoms with Gasteiger partial charge in [0.25, 0.3) is 5.91 Å². The lowest BCUT2D eigenvalue weighted by molar-refractivity contribution is 0.1000. The van der Waals surface area contributed by atoms with Gasteiger partial charge in [-0.25, -0.2) is 9.97 Å². The molecule has 6 rings (SSSR count). The highest BCUT2D eigenvalue weighted by atomic mass is 16.1. The number of hydrogen-bond donors (Lipinski definition) is 1. The number of anilines is 1. The van der Waals surface area contributed by atoms with Crippen molar-refractivity contribution in [3.8, 4) is 0 Å². The van der Waals surface area contributed by atoms with Crippen molar-refractivity contribution in [3.05, 3.63) is 35.4 Å². The van der Waals surface area contributed by atoms with Gasteiger partial charge in [0.1, 0.15) is 0 Å². The molecule has 0 bridgehead atoms. The Labute approximate surface area is 195 Å². The first-order chi connectivity index (χ1) is 15.7. The van der Waals surface area contributed by atoms with Crippen molar-refractivity contribution in [1.82, 2.24) is 24.6 Å². The van der Waals surface area contributed by atoms with Crippen LogP contribution >= 0.6 is 0 Å². The maximum Gasteiger partial charge on any atom is 0.251 e. The molecule has 9 heteroatoms. The second-order valence-electron chi connectivity index (χ2n) is 10.5. The molecule has 4 atom stereocenters. The Balaban J connectivity index is 0.000000211. The van der Waals surface area contributed by atoms with Gasteiger partial charge in [-0.05, 0) is 43.4 Å². The SMILES string of the molecule is CN1C=NC2CCCC21.Cc1nc(N2CC3C(C2)C3(C)C)ncc1Cn1cc(C(N)=O)cn1. The Hall–Kier alpha value is -2.97. The molecule has 2 aromatic heterocycles. The Kier molecular flexibility index (Phi) is 5.37. The fraction of sp³-hybridized carbons (Fsp3) is 0.625. The molecule has 3 fully saturated rings. The zero-order valence-corrected chi connectivity index (χ0v) is 20.0. The van der Waals surface area contributed by atoms with Crippen LogP contribution in [0.1, 0.15) is 54.7 Å². The zero-order chi connectivity index (χ0) is 23.3. The van der Waals surface area contributed by atoms with Crippen LogP contribution in [0.5, 0.6) is 0 Å². The van der Waals surface area contributed by atoms with E-state index in [1.165, 1.54) is 25.5 Å². The van der Waals surface area contributed by atoms with Gasteiger partial charge in [0.15, 0.2) is 0 Å². The van der Waals surface area contributed by atoms with Crippen LogP contribution < -0.4 is 10.6 Å². The third-order valence-corrected chi connectivity index (χ3v) is 8.13. The minimum Gasteiger partial charge on any atom is -0.366 e. The van der Waals surface area contributed by atoms with Gasteiger partial charge in [0.05, 0.1) is 36.7 Å². The molecule has 0 aromatic carbocycles. The maximum absolute atomic E-state index is 11.1. The molecule has 1 saturated heterocycles. The van der Waals surface area contributed by atoms with Crippen LogP contribution in [0, 0.1) is 24.2 Å². The van der Waals surface area contributed by atoms with E-state index in [9.17, 15) is 4.79 Å². The molecule has 4 unspecified atom stereocenters. The average molecular weight is 451 g/mol. The van der Waals surface area contributed by atoms with Gasteiger partial charge >= 0.3 is 0 Å². The van der Waals surface area contributed by atoms with E-state index in [0.29, 0.717) is 23.6 Å². The van der Waals surface area contributed by atoms with E-state index in [2.05, 4.69) is 50.8 Å². The summed E-state index contributed by atoms with van der Waals surface area (Å²) >= 11 is 0. The summed E-state index contributed by atoms with van der Waals surface area (Å²) in [4.78, 5) is 29.3. The quantitative estimate of drug-likeness (QED) is 0.765. The molecule has 1 amide bonds. The van der Waals surface area contributed by atoms with E-state index >= 15 is 0 Å². The number of nitrogens with zero attached hydrogens (tertiary/aromatic N) is 7. The van der Waals surface area contributed by atoms with Crippen LogP contribution in [0.15, 0.2) is 23.6 Å². The Morgan fingerprint density at radius 3 is 2.61 bits per heavy atom. The van der Waals surface area contributed by atoms with Crippen LogP contribution in [-0.4, -0.2) is 69.1 Å². The monoisotopic (exact) mass is 450 g/mol. The molecule has 2 aliphatic heterocycles. The van der Waals surface area contributed by atoms with Crippen molar-refractivity contribution >= 4 is 18.2 Å². The molecule has 2 aliphatic carbocycles. The number of hydrogen-bond acceptors (Lipinski definition) is 7. The van der Waals surface area contributed by atoms with E-state index in [-0.39, 0.29) is 0 Å². The van der Waals surface area contributed by atoms with Crippen molar-refractivity contribution in [2.24, 2.45) is 28.0 Å². The summed E-state index contributed by atoms with van der Waals surface area (Å²) in [5.74, 6) is 1.90. The molecule has 2 N–H and O–H groups in total. The lowest BCUT2D eigenvalue weighted by Crippen LogP contribution is -2.28. The number of carbonyl (C=O) groups is 1. The van der Waals surface area contributed by atoms with E-state index in [1.54, 1.807) is 10.9 Å². The first-order valence-corrected chi connectivity index (χ1v) is 11.9. The number of aromatic nitrogens is 4. The first-order valence-electron chi connectivity index (χ1n) is 11.9. The van der Waals surface area contributed by atoms with Gasteiger partial charge in [-0.2, -0.15) is 5.10 Å². The molecule has 4 aliphatic rings. The topological polar surface area (TPSA) is 106 Å². The van der Waals surface area contributed by atoms with Crippen molar-refractivity contribution in [2.75, 3.05) is 25.0 Å². The smallest absolute Gasteiger partial charge is 0.251 e. The first kappa shape index (κ1) is 21.9.